The Bertz CT molecular complexity index is 639. The fraction of sp³-hybridized carbons (Fsp3) is 0.333. The van der Waals surface area contributed by atoms with Gasteiger partial charge in [0.15, 0.2) is 5.82 Å². The molecule has 21 heavy (non-hydrogen) atoms. The number of fused-ring (bicyclic) bond motifs is 1. The Labute approximate surface area is 129 Å². The van der Waals surface area contributed by atoms with Crippen LogP contribution in [0.1, 0.15) is 24.2 Å². The van der Waals surface area contributed by atoms with Gasteiger partial charge in [-0.2, -0.15) is 4.98 Å². The Morgan fingerprint density at radius 2 is 2.14 bits per heavy atom. The van der Waals surface area contributed by atoms with E-state index in [1.54, 1.807) is 0 Å². The predicted octanol–water partition coefficient (Wildman–Crippen LogP) is 2.57. The van der Waals surface area contributed by atoms with Crippen LogP contribution in [0, 0.1) is 0 Å². The van der Waals surface area contributed by atoms with Crippen LogP contribution >= 0.6 is 12.4 Å². The van der Waals surface area contributed by atoms with E-state index in [0.717, 1.165) is 23.3 Å². The maximum atomic E-state index is 5.69. The molecular formula is C15H18ClN3O2. The molecule has 0 radical (unpaired) electrons. The average molecular weight is 308 g/mol. The first-order valence-corrected chi connectivity index (χ1v) is 6.69. The molecule has 1 aliphatic rings. The van der Waals surface area contributed by atoms with Crippen LogP contribution in [0.3, 0.4) is 0 Å². The normalized spacial score (nSPS) is 14.5. The Morgan fingerprint density at radius 3 is 2.95 bits per heavy atom. The summed E-state index contributed by atoms with van der Waals surface area (Å²) in [4.78, 5) is 4.43. The summed E-state index contributed by atoms with van der Waals surface area (Å²) < 4.78 is 11.0. The lowest BCUT2D eigenvalue weighted by molar-refractivity contribution is 0.350. The van der Waals surface area contributed by atoms with E-state index in [0.29, 0.717) is 24.4 Å². The highest BCUT2D eigenvalue weighted by Crippen LogP contribution is 2.29. The first-order chi connectivity index (χ1) is 9.76. The number of aromatic nitrogens is 2. The number of nitrogens with one attached hydrogen (secondary N) is 1. The molecule has 2 heterocycles. The number of ether oxygens (including phenoxy) is 1. The molecule has 0 fully saturated rings. The summed E-state index contributed by atoms with van der Waals surface area (Å²) in [7, 11) is 1.92. The van der Waals surface area contributed by atoms with Gasteiger partial charge in [0.25, 0.3) is 5.89 Å². The molecule has 1 aromatic carbocycles. The van der Waals surface area contributed by atoms with Crippen molar-refractivity contribution in [2.24, 2.45) is 0 Å². The third-order valence-corrected chi connectivity index (χ3v) is 3.36. The van der Waals surface area contributed by atoms with Gasteiger partial charge in [-0.15, -0.1) is 12.4 Å². The molecule has 1 aromatic heterocycles. The van der Waals surface area contributed by atoms with Gasteiger partial charge in [-0.3, -0.25) is 0 Å². The number of likely N-dealkylation sites (N-methyl/N-ethyl adjacent to an activating group) is 1. The first kappa shape index (κ1) is 15.5. The van der Waals surface area contributed by atoms with Crippen molar-refractivity contribution >= 4 is 24.1 Å². The van der Waals surface area contributed by atoms with E-state index < -0.39 is 0 Å². The summed E-state index contributed by atoms with van der Waals surface area (Å²) in [5.74, 6) is 2.14. The van der Waals surface area contributed by atoms with Crippen molar-refractivity contribution in [2.75, 3.05) is 13.7 Å². The maximum Gasteiger partial charge on any atom is 0.257 e. The van der Waals surface area contributed by atoms with Gasteiger partial charge in [-0.25, -0.2) is 0 Å². The minimum atomic E-state index is 0. The van der Waals surface area contributed by atoms with Crippen LogP contribution in [0.15, 0.2) is 28.8 Å². The molecule has 2 aromatic rings. The first-order valence-electron chi connectivity index (χ1n) is 6.69. The zero-order valence-electron chi connectivity index (χ0n) is 12.0. The van der Waals surface area contributed by atoms with Crippen molar-refractivity contribution in [3.05, 3.63) is 41.5 Å². The summed E-state index contributed by atoms with van der Waals surface area (Å²) in [6, 6.07) is 8.22. The van der Waals surface area contributed by atoms with Gasteiger partial charge >= 0.3 is 0 Å². The molecule has 0 spiro atoms. The molecule has 3 rings (SSSR count). The SMILES string of the molecule is CNC(C)Cc1noc(C2=Cc3ccccc3OC2)n1.Cl. The minimum Gasteiger partial charge on any atom is -0.488 e. The molecule has 1 N–H and O–H groups in total. The highest BCUT2D eigenvalue weighted by Gasteiger charge is 2.18. The van der Waals surface area contributed by atoms with Crippen LogP contribution in [-0.4, -0.2) is 29.8 Å². The topological polar surface area (TPSA) is 60.2 Å². The lowest BCUT2D eigenvalue weighted by Gasteiger charge is -2.15. The molecule has 1 aliphatic heterocycles. The predicted molar refractivity (Wildman–Crippen MR) is 83.6 cm³/mol. The second-order valence-electron chi connectivity index (χ2n) is 4.91. The molecule has 1 unspecified atom stereocenters. The third-order valence-electron chi connectivity index (χ3n) is 3.36. The molecule has 0 bridgehead atoms. The molecule has 6 heteroatoms. The third kappa shape index (κ3) is 3.43. The van der Waals surface area contributed by atoms with Crippen molar-refractivity contribution in [3.63, 3.8) is 0 Å². The molecule has 5 nitrogen and oxygen atoms in total. The zero-order valence-corrected chi connectivity index (χ0v) is 12.8. The van der Waals surface area contributed by atoms with Crippen LogP contribution in [0.5, 0.6) is 5.75 Å². The van der Waals surface area contributed by atoms with E-state index in [4.69, 9.17) is 9.26 Å². The summed E-state index contributed by atoms with van der Waals surface area (Å²) in [6.07, 6.45) is 2.78. The molecule has 112 valence electrons. The lowest BCUT2D eigenvalue weighted by atomic mass is 10.1. The fourth-order valence-corrected chi connectivity index (χ4v) is 2.08. The van der Waals surface area contributed by atoms with Crippen molar-refractivity contribution in [3.8, 4) is 5.75 Å². The van der Waals surface area contributed by atoms with Crippen LogP contribution in [-0.2, 0) is 6.42 Å². The highest BCUT2D eigenvalue weighted by atomic mass is 35.5. The summed E-state index contributed by atoms with van der Waals surface area (Å²) in [5.41, 5.74) is 1.96. The van der Waals surface area contributed by atoms with Gasteiger partial charge in [-0.05, 0) is 26.1 Å². The Hall–Kier alpha value is -1.85. The van der Waals surface area contributed by atoms with Crippen LogP contribution in [0.2, 0.25) is 0 Å². The monoisotopic (exact) mass is 307 g/mol. The Kier molecular flexibility index (Phi) is 4.98. The Balaban J connectivity index is 0.00000161. The molecular weight excluding hydrogens is 290 g/mol. The summed E-state index contributed by atoms with van der Waals surface area (Å²) in [6.45, 7) is 2.54. The minimum absolute atomic E-state index is 0. The quantitative estimate of drug-likeness (QED) is 0.940. The van der Waals surface area contributed by atoms with Gasteiger partial charge in [0.05, 0.1) is 5.57 Å². The number of para-hydroxylation sites is 1. The maximum absolute atomic E-state index is 5.69. The number of benzene rings is 1. The Morgan fingerprint density at radius 1 is 1.33 bits per heavy atom. The molecule has 0 saturated heterocycles. The van der Waals surface area contributed by atoms with Crippen LogP contribution in [0.25, 0.3) is 11.6 Å². The molecule has 1 atom stereocenters. The van der Waals surface area contributed by atoms with E-state index in [1.807, 2.05) is 37.4 Å². The van der Waals surface area contributed by atoms with E-state index in [2.05, 4.69) is 22.4 Å². The standard InChI is InChI=1S/C15H17N3O2.ClH/c1-10(16-2)7-14-17-15(20-18-14)12-8-11-5-3-4-6-13(11)19-9-12;/h3-6,8,10,16H,7,9H2,1-2H3;1H. The number of nitrogens with zero attached hydrogens (tertiary/aromatic N) is 2. The average Bonchev–Trinajstić information content (AvgIpc) is 2.95. The number of hydrogen-bond acceptors (Lipinski definition) is 5. The van der Waals surface area contributed by atoms with Crippen LogP contribution < -0.4 is 10.1 Å². The molecule has 0 amide bonds. The molecule has 0 aliphatic carbocycles. The second kappa shape index (κ2) is 6.74. The van der Waals surface area contributed by atoms with Gasteiger partial charge in [0, 0.05) is 18.0 Å². The van der Waals surface area contributed by atoms with Gasteiger partial charge in [-0.1, -0.05) is 23.4 Å². The van der Waals surface area contributed by atoms with E-state index in [-0.39, 0.29) is 12.4 Å². The van der Waals surface area contributed by atoms with Crippen molar-refractivity contribution < 1.29 is 9.26 Å². The number of halogens is 1. The van der Waals surface area contributed by atoms with E-state index in [1.165, 1.54) is 0 Å². The second-order valence-corrected chi connectivity index (χ2v) is 4.91. The largest absolute Gasteiger partial charge is 0.488 e. The van der Waals surface area contributed by atoms with Crippen molar-refractivity contribution in [1.82, 2.24) is 15.5 Å². The van der Waals surface area contributed by atoms with Gasteiger partial charge in [0.1, 0.15) is 12.4 Å². The summed E-state index contributed by atoms with van der Waals surface area (Å²) in [5, 5.41) is 7.17. The number of rotatable bonds is 4. The van der Waals surface area contributed by atoms with E-state index >= 15 is 0 Å². The molecule has 0 saturated carbocycles. The zero-order chi connectivity index (χ0) is 13.9. The highest BCUT2D eigenvalue weighted by molar-refractivity contribution is 5.85. The fourth-order valence-electron chi connectivity index (χ4n) is 2.08. The van der Waals surface area contributed by atoms with Gasteiger partial charge < -0.3 is 14.6 Å². The number of hydrogen-bond donors (Lipinski definition) is 1. The van der Waals surface area contributed by atoms with Gasteiger partial charge in [0.2, 0.25) is 0 Å². The lowest BCUT2D eigenvalue weighted by Crippen LogP contribution is -2.24. The van der Waals surface area contributed by atoms with Crippen molar-refractivity contribution in [1.29, 1.82) is 0 Å². The summed E-state index contributed by atoms with van der Waals surface area (Å²) >= 11 is 0. The van der Waals surface area contributed by atoms with E-state index in [9.17, 15) is 0 Å². The van der Waals surface area contributed by atoms with Crippen LogP contribution in [0.4, 0.5) is 0 Å². The smallest absolute Gasteiger partial charge is 0.257 e. The van der Waals surface area contributed by atoms with Crippen molar-refractivity contribution in [2.45, 2.75) is 19.4 Å².